The van der Waals surface area contributed by atoms with Crippen molar-refractivity contribution >= 4 is 22.9 Å². The van der Waals surface area contributed by atoms with Crippen molar-refractivity contribution in [3.63, 3.8) is 0 Å². The van der Waals surface area contributed by atoms with E-state index in [2.05, 4.69) is 20.4 Å². The summed E-state index contributed by atoms with van der Waals surface area (Å²) in [7, 11) is 0. The average Bonchev–Trinajstić information content (AvgIpc) is 2.77. The highest BCUT2D eigenvalue weighted by Gasteiger charge is 2.11. The van der Waals surface area contributed by atoms with Crippen molar-refractivity contribution < 1.29 is 0 Å². The number of nitrogens with zero attached hydrogens (tertiary/aromatic N) is 4. The summed E-state index contributed by atoms with van der Waals surface area (Å²) in [6.45, 7) is 3.96. The Kier molecular flexibility index (Phi) is 3.46. The lowest BCUT2D eigenvalue weighted by Gasteiger charge is -2.02. The summed E-state index contributed by atoms with van der Waals surface area (Å²) >= 11 is 7.21. The van der Waals surface area contributed by atoms with Gasteiger partial charge < -0.3 is 0 Å². The zero-order chi connectivity index (χ0) is 11.5. The van der Waals surface area contributed by atoms with Crippen LogP contribution in [0, 0.1) is 6.92 Å². The number of rotatable bonds is 3. The van der Waals surface area contributed by atoms with Crippen LogP contribution in [0.4, 0.5) is 0 Å². The number of aryl methyl sites for hydroxylation is 2. The third-order valence-electron chi connectivity index (χ3n) is 2.14. The first-order valence-electron chi connectivity index (χ1n) is 4.96. The largest absolute Gasteiger partial charge is 0.156 e. The minimum Gasteiger partial charge on any atom is -0.156 e. The Hall–Kier alpha value is -1.07. The number of aromatic nitrogens is 4. The number of hydrogen-bond acceptors (Lipinski definition) is 5. The lowest BCUT2D eigenvalue weighted by molar-refractivity contribution is 0.894. The first-order chi connectivity index (χ1) is 7.74. The predicted molar refractivity (Wildman–Crippen MR) is 64.6 cm³/mol. The van der Waals surface area contributed by atoms with Crippen molar-refractivity contribution in [3.8, 4) is 10.6 Å². The fraction of sp³-hybridized carbons (Fsp3) is 0.400. The Balaban J connectivity index is 2.49. The zero-order valence-electron chi connectivity index (χ0n) is 9.07. The first-order valence-corrected chi connectivity index (χ1v) is 6.31. The molecule has 0 N–H and O–H groups in total. The van der Waals surface area contributed by atoms with Crippen LogP contribution in [0.1, 0.15) is 23.3 Å². The van der Waals surface area contributed by atoms with Gasteiger partial charge >= 0.3 is 0 Å². The maximum Gasteiger partial charge on any atom is 0.149 e. The Morgan fingerprint density at radius 3 is 2.69 bits per heavy atom. The van der Waals surface area contributed by atoms with Gasteiger partial charge in [0.15, 0.2) is 0 Å². The molecule has 0 aliphatic heterocycles. The van der Waals surface area contributed by atoms with E-state index in [0.29, 0.717) is 5.88 Å². The second-order valence-corrected chi connectivity index (χ2v) is 4.66. The van der Waals surface area contributed by atoms with Gasteiger partial charge in [-0.05, 0) is 19.4 Å². The molecule has 0 amide bonds. The summed E-state index contributed by atoms with van der Waals surface area (Å²) in [4.78, 5) is 0. The molecule has 0 spiro atoms. The molecule has 0 radical (unpaired) electrons. The van der Waals surface area contributed by atoms with Crippen LogP contribution < -0.4 is 0 Å². The molecule has 0 atom stereocenters. The molecular weight excluding hydrogens is 244 g/mol. The molecule has 0 saturated carbocycles. The monoisotopic (exact) mass is 254 g/mol. The highest BCUT2D eigenvalue weighted by Crippen LogP contribution is 2.26. The van der Waals surface area contributed by atoms with E-state index in [4.69, 9.17) is 11.6 Å². The van der Waals surface area contributed by atoms with E-state index in [9.17, 15) is 0 Å². The number of alkyl halides is 1. The second kappa shape index (κ2) is 4.84. The molecule has 0 aliphatic rings. The summed E-state index contributed by atoms with van der Waals surface area (Å²) in [5, 5.41) is 18.0. The molecule has 2 aromatic rings. The summed E-state index contributed by atoms with van der Waals surface area (Å²) in [5.41, 5.74) is 2.85. The summed E-state index contributed by atoms with van der Waals surface area (Å²) in [5.74, 6) is 0.399. The summed E-state index contributed by atoms with van der Waals surface area (Å²) in [6, 6.07) is 1.99. The molecule has 6 heteroatoms. The van der Waals surface area contributed by atoms with Gasteiger partial charge in [0.05, 0.1) is 17.3 Å². The van der Waals surface area contributed by atoms with Crippen LogP contribution >= 0.6 is 22.9 Å². The van der Waals surface area contributed by atoms with E-state index >= 15 is 0 Å². The van der Waals surface area contributed by atoms with E-state index in [1.807, 2.05) is 19.9 Å². The molecule has 2 aromatic heterocycles. The van der Waals surface area contributed by atoms with Crippen molar-refractivity contribution in [2.75, 3.05) is 0 Å². The van der Waals surface area contributed by atoms with Gasteiger partial charge in [0.1, 0.15) is 10.0 Å². The van der Waals surface area contributed by atoms with E-state index < -0.39 is 0 Å². The molecule has 2 heterocycles. The van der Waals surface area contributed by atoms with E-state index in [1.54, 1.807) is 0 Å². The van der Waals surface area contributed by atoms with Crippen molar-refractivity contribution in [1.29, 1.82) is 0 Å². The SMILES string of the molecule is CCc1nnc(C)cc1-c1nnc(CCl)s1. The van der Waals surface area contributed by atoms with Crippen molar-refractivity contribution in [3.05, 3.63) is 22.5 Å². The second-order valence-electron chi connectivity index (χ2n) is 3.33. The molecule has 0 aliphatic carbocycles. The first kappa shape index (κ1) is 11.4. The van der Waals surface area contributed by atoms with Crippen molar-refractivity contribution in [2.45, 2.75) is 26.1 Å². The van der Waals surface area contributed by atoms with Gasteiger partial charge in [-0.2, -0.15) is 10.2 Å². The summed E-state index contributed by atoms with van der Waals surface area (Å²) < 4.78 is 0. The molecule has 0 aromatic carbocycles. The Morgan fingerprint density at radius 1 is 1.25 bits per heavy atom. The maximum absolute atomic E-state index is 5.71. The van der Waals surface area contributed by atoms with Crippen LogP contribution in [-0.2, 0) is 12.3 Å². The molecular formula is C10H11ClN4S. The van der Waals surface area contributed by atoms with Crippen LogP contribution in [0.15, 0.2) is 6.07 Å². The highest BCUT2D eigenvalue weighted by atomic mass is 35.5. The smallest absolute Gasteiger partial charge is 0.149 e. The fourth-order valence-corrected chi connectivity index (χ4v) is 2.32. The van der Waals surface area contributed by atoms with Crippen LogP contribution in [0.3, 0.4) is 0 Å². The third-order valence-corrected chi connectivity index (χ3v) is 3.51. The average molecular weight is 255 g/mol. The molecule has 4 nitrogen and oxygen atoms in total. The standard InChI is InChI=1S/C10H11ClN4S/c1-3-8-7(4-6(2)12-13-8)10-15-14-9(5-11)16-10/h4H,3,5H2,1-2H3. The third kappa shape index (κ3) is 2.20. The molecule has 84 valence electrons. The lowest BCUT2D eigenvalue weighted by Crippen LogP contribution is -1.97. The lowest BCUT2D eigenvalue weighted by atomic mass is 10.1. The Labute approximate surface area is 103 Å². The van der Waals surface area contributed by atoms with Crippen LogP contribution in [-0.4, -0.2) is 20.4 Å². The molecule has 0 unspecified atom stereocenters. The summed E-state index contributed by atoms with van der Waals surface area (Å²) in [6.07, 6.45) is 0.832. The maximum atomic E-state index is 5.71. The predicted octanol–water partition coefficient (Wildman–Crippen LogP) is 2.60. The van der Waals surface area contributed by atoms with Gasteiger partial charge in [0.2, 0.25) is 0 Å². The van der Waals surface area contributed by atoms with Gasteiger partial charge in [-0.25, -0.2) is 0 Å². The minimum absolute atomic E-state index is 0.399. The van der Waals surface area contributed by atoms with Crippen LogP contribution in [0.2, 0.25) is 0 Å². The van der Waals surface area contributed by atoms with Gasteiger partial charge in [-0.3, -0.25) is 0 Å². The molecule has 2 rings (SSSR count). The topological polar surface area (TPSA) is 51.6 Å². The van der Waals surface area contributed by atoms with Gasteiger partial charge in [-0.15, -0.1) is 21.8 Å². The van der Waals surface area contributed by atoms with Gasteiger partial charge in [0, 0.05) is 5.56 Å². The zero-order valence-corrected chi connectivity index (χ0v) is 10.6. The molecule has 0 bridgehead atoms. The van der Waals surface area contributed by atoms with Crippen molar-refractivity contribution in [1.82, 2.24) is 20.4 Å². The molecule has 0 saturated heterocycles. The molecule has 16 heavy (non-hydrogen) atoms. The number of hydrogen-bond donors (Lipinski definition) is 0. The van der Waals surface area contributed by atoms with Crippen LogP contribution in [0.5, 0.6) is 0 Å². The van der Waals surface area contributed by atoms with Crippen LogP contribution in [0.25, 0.3) is 10.6 Å². The van der Waals surface area contributed by atoms with Crippen molar-refractivity contribution in [2.24, 2.45) is 0 Å². The number of halogens is 1. The van der Waals surface area contributed by atoms with E-state index in [0.717, 1.165) is 33.4 Å². The normalized spacial score (nSPS) is 10.7. The van der Waals surface area contributed by atoms with E-state index in [-0.39, 0.29) is 0 Å². The quantitative estimate of drug-likeness (QED) is 0.790. The molecule has 0 fully saturated rings. The minimum atomic E-state index is 0.399. The Bertz CT molecular complexity index is 497. The highest BCUT2D eigenvalue weighted by molar-refractivity contribution is 7.14. The van der Waals surface area contributed by atoms with Gasteiger partial charge in [0.25, 0.3) is 0 Å². The van der Waals surface area contributed by atoms with Gasteiger partial charge in [-0.1, -0.05) is 18.3 Å². The fourth-order valence-electron chi connectivity index (χ4n) is 1.38. The Morgan fingerprint density at radius 2 is 2.06 bits per heavy atom. The van der Waals surface area contributed by atoms with E-state index in [1.165, 1.54) is 11.3 Å².